The molecule has 0 aliphatic carbocycles. The van der Waals surface area contributed by atoms with Crippen molar-refractivity contribution < 1.29 is 25.3 Å². The van der Waals surface area contributed by atoms with Gasteiger partial charge in [-0.05, 0) is 44.9 Å². The Labute approximate surface area is 337 Å². The Kier molecular flexibility index (Phi) is 33.1. The minimum atomic E-state index is -4.94. The van der Waals surface area contributed by atoms with Crippen molar-refractivity contribution in [2.24, 2.45) is 0 Å². The summed E-state index contributed by atoms with van der Waals surface area (Å²) in [6, 6.07) is 6.46. The first-order valence-electron chi connectivity index (χ1n) is 21.6. The van der Waals surface area contributed by atoms with Gasteiger partial charge in [0.2, 0.25) is 30.1 Å². The summed E-state index contributed by atoms with van der Waals surface area (Å²) in [5, 5.41) is 26.0. The summed E-state index contributed by atoms with van der Waals surface area (Å²) in [5.74, 6) is 0. The van der Waals surface area contributed by atoms with Crippen molar-refractivity contribution in [1.82, 2.24) is 14.2 Å². The average Bonchev–Trinajstić information content (AvgIpc) is 3.14. The van der Waals surface area contributed by atoms with Gasteiger partial charge in [0.15, 0.2) is 0 Å². The van der Waals surface area contributed by atoms with E-state index in [2.05, 4.69) is 32.4 Å². The van der Waals surface area contributed by atoms with Crippen LogP contribution in [0.4, 0.5) is 0 Å². The molecule has 0 atom stereocenters. The molecule has 0 spiro atoms. The minimum absolute atomic E-state index is 0.0563. The first kappa shape index (κ1) is 53.2. The SMILES string of the molecule is CCCCCCC(S(=O)(=O)NCCCCCCCCCCC#N)(S(=O)(=O)NCCCCCCCCCCC#N)S(=O)(=O)NCCCCCCCCCCC#N. The standard InChI is InChI=1S/C40H76N6O6S3/c1-2-3-4-26-33-40(53(47,48)44-37-30-23-17-11-5-8-14-20-27-34-41,54(49,50)45-38-31-24-18-12-6-9-15-21-28-35-42)55(51,52)46-39-32-25-19-13-7-10-16-22-29-36-43/h44-46H,2-33,37-39H2,1H3. The maximum Gasteiger partial charge on any atom is 0.313 e. The summed E-state index contributed by atoms with van der Waals surface area (Å²) >= 11 is 0. The molecule has 55 heavy (non-hydrogen) atoms. The van der Waals surface area contributed by atoms with Crippen molar-refractivity contribution in [3.63, 3.8) is 0 Å². The number of unbranched alkanes of at least 4 members (excludes halogenated alkanes) is 27. The zero-order valence-corrected chi connectivity index (χ0v) is 36.7. The van der Waals surface area contributed by atoms with Crippen molar-refractivity contribution in [2.75, 3.05) is 19.6 Å². The van der Waals surface area contributed by atoms with Crippen LogP contribution in [0.15, 0.2) is 0 Å². The quantitative estimate of drug-likeness (QED) is 0.0500. The predicted molar refractivity (Wildman–Crippen MR) is 224 cm³/mol. The Morgan fingerprint density at radius 2 is 0.600 bits per heavy atom. The molecule has 12 nitrogen and oxygen atoms in total. The molecule has 320 valence electrons. The van der Waals surface area contributed by atoms with E-state index in [1.54, 1.807) is 0 Å². The lowest BCUT2D eigenvalue weighted by Crippen LogP contribution is -2.63. The molecule has 3 N–H and O–H groups in total. The van der Waals surface area contributed by atoms with Crippen LogP contribution < -0.4 is 14.2 Å². The van der Waals surface area contributed by atoms with E-state index in [0.717, 1.165) is 148 Å². The fourth-order valence-electron chi connectivity index (χ4n) is 6.72. The highest BCUT2D eigenvalue weighted by atomic mass is 32.3. The number of nitriles is 3. The van der Waals surface area contributed by atoms with Crippen LogP contribution in [-0.4, -0.2) is 48.3 Å². The van der Waals surface area contributed by atoms with E-state index >= 15 is 0 Å². The second-order valence-electron chi connectivity index (χ2n) is 14.9. The monoisotopic (exact) mass is 832 g/mol. The Bertz CT molecular complexity index is 1240. The lowest BCUT2D eigenvalue weighted by molar-refractivity contribution is 0.505. The van der Waals surface area contributed by atoms with E-state index in [1.807, 2.05) is 6.92 Å². The average molecular weight is 833 g/mol. The molecule has 0 amide bonds. The summed E-state index contributed by atoms with van der Waals surface area (Å²) in [6.45, 7) is 1.80. The number of nitrogens with zero attached hydrogens (tertiary/aromatic N) is 3. The van der Waals surface area contributed by atoms with Gasteiger partial charge in [0.1, 0.15) is 0 Å². The molecule has 0 unspecified atom stereocenters. The molecule has 15 heteroatoms. The number of rotatable bonds is 41. The van der Waals surface area contributed by atoms with Crippen LogP contribution in [0.3, 0.4) is 0 Å². The first-order valence-corrected chi connectivity index (χ1v) is 26.0. The van der Waals surface area contributed by atoms with Gasteiger partial charge in [-0.3, -0.25) is 0 Å². The zero-order chi connectivity index (χ0) is 41.0. The molecule has 0 saturated heterocycles. The van der Waals surface area contributed by atoms with Gasteiger partial charge in [-0.1, -0.05) is 142 Å². The van der Waals surface area contributed by atoms with E-state index in [1.165, 1.54) is 0 Å². The lowest BCUT2D eigenvalue weighted by atomic mass is 10.1. The van der Waals surface area contributed by atoms with Crippen LogP contribution in [0.2, 0.25) is 0 Å². The van der Waals surface area contributed by atoms with Crippen LogP contribution in [-0.2, 0) is 30.1 Å². The highest BCUT2D eigenvalue weighted by Gasteiger charge is 2.64. The van der Waals surface area contributed by atoms with Gasteiger partial charge in [-0.2, -0.15) is 15.8 Å². The molecular formula is C40H76N6O6S3. The second kappa shape index (κ2) is 34.3. The maximum absolute atomic E-state index is 14.3. The molecule has 0 rings (SSSR count). The molecule has 0 aromatic carbocycles. The molecule has 0 heterocycles. The molecule has 0 aromatic heterocycles. The highest BCUT2D eigenvalue weighted by molar-refractivity contribution is 8.24. The molecule has 0 radical (unpaired) electrons. The maximum atomic E-state index is 14.3. The fraction of sp³-hybridized carbons (Fsp3) is 0.925. The molecule has 0 aromatic rings. The van der Waals surface area contributed by atoms with Crippen LogP contribution >= 0.6 is 0 Å². The number of sulfonamides is 3. The smallest absolute Gasteiger partial charge is 0.213 e. The van der Waals surface area contributed by atoms with E-state index < -0.39 is 39.9 Å². The summed E-state index contributed by atoms with van der Waals surface area (Å²) in [4.78, 5) is 0. The van der Waals surface area contributed by atoms with Crippen LogP contribution in [0.5, 0.6) is 0 Å². The van der Waals surface area contributed by atoms with Crippen molar-refractivity contribution in [3.8, 4) is 18.2 Å². The second-order valence-corrected chi connectivity index (χ2v) is 21.6. The van der Waals surface area contributed by atoms with Crippen molar-refractivity contribution in [1.29, 1.82) is 15.8 Å². The Morgan fingerprint density at radius 3 is 0.855 bits per heavy atom. The van der Waals surface area contributed by atoms with Crippen LogP contribution in [0, 0.1) is 34.0 Å². The zero-order valence-electron chi connectivity index (χ0n) is 34.3. The van der Waals surface area contributed by atoms with Gasteiger partial charge in [-0.25, -0.2) is 39.4 Å². The van der Waals surface area contributed by atoms with Crippen molar-refractivity contribution in [2.45, 2.75) is 216 Å². The summed E-state index contributed by atoms with van der Waals surface area (Å²) in [6.07, 6.45) is 24.3. The van der Waals surface area contributed by atoms with Gasteiger partial charge in [0, 0.05) is 45.3 Å². The molecule has 0 saturated carbocycles. The third kappa shape index (κ3) is 23.9. The Balaban J connectivity index is 5.74. The Morgan fingerprint density at radius 1 is 0.364 bits per heavy atom. The normalized spacial score (nSPS) is 12.3. The summed E-state index contributed by atoms with van der Waals surface area (Å²) in [7, 11) is -14.8. The van der Waals surface area contributed by atoms with Gasteiger partial charge in [0.25, 0.3) is 0 Å². The van der Waals surface area contributed by atoms with Gasteiger partial charge in [-0.15, -0.1) is 0 Å². The van der Waals surface area contributed by atoms with Gasteiger partial charge < -0.3 is 0 Å². The van der Waals surface area contributed by atoms with E-state index in [0.29, 0.717) is 44.9 Å². The van der Waals surface area contributed by atoms with Gasteiger partial charge >= 0.3 is 3.41 Å². The highest BCUT2D eigenvalue weighted by Crippen LogP contribution is 2.36. The third-order valence-electron chi connectivity index (χ3n) is 10.1. The van der Waals surface area contributed by atoms with Gasteiger partial charge in [0.05, 0.1) is 18.2 Å². The third-order valence-corrected chi connectivity index (χ3v) is 18.9. The van der Waals surface area contributed by atoms with E-state index in [-0.39, 0.29) is 26.1 Å². The fourth-order valence-corrected chi connectivity index (χ4v) is 14.4. The first-order chi connectivity index (χ1) is 26.5. The lowest BCUT2D eigenvalue weighted by Gasteiger charge is -2.32. The Hall–Kier alpha value is -1.80. The largest absolute Gasteiger partial charge is 0.313 e. The number of hydrogen-bond acceptors (Lipinski definition) is 9. The number of nitrogens with one attached hydrogen (secondary N) is 3. The summed E-state index contributed by atoms with van der Waals surface area (Å²) in [5.41, 5.74) is 0. The van der Waals surface area contributed by atoms with Crippen molar-refractivity contribution in [3.05, 3.63) is 0 Å². The predicted octanol–water partition coefficient (Wildman–Crippen LogP) is 9.47. The van der Waals surface area contributed by atoms with E-state index in [9.17, 15) is 25.3 Å². The molecule has 0 aliphatic heterocycles. The van der Waals surface area contributed by atoms with Crippen molar-refractivity contribution >= 4 is 30.1 Å². The molecular weight excluding hydrogens is 757 g/mol. The van der Waals surface area contributed by atoms with Crippen LogP contribution in [0.25, 0.3) is 0 Å². The molecule has 0 fully saturated rings. The minimum Gasteiger partial charge on any atom is -0.213 e. The van der Waals surface area contributed by atoms with E-state index in [4.69, 9.17) is 15.8 Å². The molecule has 0 bridgehead atoms. The molecule has 0 aliphatic rings. The summed E-state index contributed by atoms with van der Waals surface area (Å²) < 4.78 is 89.8. The number of hydrogen-bond donors (Lipinski definition) is 3. The van der Waals surface area contributed by atoms with Crippen LogP contribution in [0.1, 0.15) is 212 Å². The topological polar surface area (TPSA) is 210 Å².